The summed E-state index contributed by atoms with van der Waals surface area (Å²) >= 11 is 0. The molecule has 0 fully saturated rings. The average molecular weight is 400 g/mol. The first-order valence-electron chi connectivity index (χ1n) is 8.77. The largest absolute Gasteiger partial charge is 0.492 e. The number of rotatable bonds is 4. The Bertz CT molecular complexity index is 1050. The molecule has 6 nitrogen and oxygen atoms in total. The number of hydrogen-bond donors (Lipinski definition) is 3. The van der Waals surface area contributed by atoms with Gasteiger partial charge < -0.3 is 20.3 Å². The summed E-state index contributed by atoms with van der Waals surface area (Å²) in [5, 5.41) is 15.7. The number of alkyl halides is 3. The van der Waals surface area contributed by atoms with Gasteiger partial charge in [-0.15, -0.1) is 0 Å². The van der Waals surface area contributed by atoms with Gasteiger partial charge in [-0.1, -0.05) is 18.2 Å². The molecule has 0 amide bonds. The Kier molecular flexibility index (Phi) is 4.89. The SMILES string of the molecule is Cc1cnc(Nc2cc3c(c(C(F)(F)F)c2)B(O)OC3)nc1Nc1ccccc1. The fraction of sp³-hybridized carbons (Fsp3) is 0.158. The number of nitrogens with zero attached hydrogens (tertiary/aromatic N) is 2. The average Bonchev–Trinajstić information content (AvgIpc) is 3.05. The zero-order valence-corrected chi connectivity index (χ0v) is 15.3. The number of fused-ring (bicyclic) bond motifs is 1. The van der Waals surface area contributed by atoms with Gasteiger partial charge in [-0.25, -0.2) is 4.98 Å². The van der Waals surface area contributed by atoms with Gasteiger partial charge in [0, 0.05) is 28.6 Å². The number of aromatic nitrogens is 2. The minimum atomic E-state index is -4.63. The fourth-order valence-electron chi connectivity index (χ4n) is 3.10. The van der Waals surface area contributed by atoms with Gasteiger partial charge in [0.25, 0.3) is 0 Å². The van der Waals surface area contributed by atoms with Crippen molar-refractivity contribution >= 4 is 35.7 Å². The van der Waals surface area contributed by atoms with E-state index in [0.717, 1.165) is 17.3 Å². The molecule has 0 saturated heterocycles. The minimum Gasteiger partial charge on any atom is -0.423 e. The highest BCUT2D eigenvalue weighted by molar-refractivity contribution is 6.62. The van der Waals surface area contributed by atoms with Crippen molar-refractivity contribution < 1.29 is 22.8 Å². The second kappa shape index (κ2) is 7.38. The van der Waals surface area contributed by atoms with Crippen LogP contribution in [0, 0.1) is 6.92 Å². The molecule has 1 aliphatic heterocycles. The van der Waals surface area contributed by atoms with Gasteiger partial charge in [0.05, 0.1) is 12.2 Å². The van der Waals surface area contributed by atoms with Crippen LogP contribution in [0.15, 0.2) is 48.7 Å². The van der Waals surface area contributed by atoms with Crippen molar-refractivity contribution in [2.24, 2.45) is 0 Å². The van der Waals surface area contributed by atoms with Crippen LogP contribution in [-0.2, 0) is 17.4 Å². The molecule has 1 aliphatic rings. The van der Waals surface area contributed by atoms with E-state index in [0.29, 0.717) is 5.82 Å². The van der Waals surface area contributed by atoms with Crippen molar-refractivity contribution in [3.63, 3.8) is 0 Å². The van der Waals surface area contributed by atoms with Crippen molar-refractivity contribution in [3.05, 3.63) is 65.4 Å². The Hall–Kier alpha value is -3.11. The molecule has 10 heteroatoms. The first kappa shape index (κ1) is 19.2. The van der Waals surface area contributed by atoms with Gasteiger partial charge >= 0.3 is 13.3 Å². The van der Waals surface area contributed by atoms with Crippen molar-refractivity contribution in [2.45, 2.75) is 19.7 Å². The minimum absolute atomic E-state index is 0.106. The van der Waals surface area contributed by atoms with Gasteiger partial charge in [-0.3, -0.25) is 0 Å². The predicted molar refractivity (Wildman–Crippen MR) is 104 cm³/mol. The molecular weight excluding hydrogens is 384 g/mol. The van der Waals surface area contributed by atoms with Gasteiger partial charge in [-0.05, 0) is 36.8 Å². The van der Waals surface area contributed by atoms with Crippen LogP contribution >= 0.6 is 0 Å². The number of benzene rings is 2. The van der Waals surface area contributed by atoms with E-state index < -0.39 is 18.9 Å². The first-order chi connectivity index (χ1) is 13.8. The van der Waals surface area contributed by atoms with Crippen molar-refractivity contribution in [2.75, 3.05) is 10.6 Å². The van der Waals surface area contributed by atoms with E-state index in [1.54, 1.807) is 6.20 Å². The molecule has 2 heterocycles. The maximum Gasteiger partial charge on any atom is 0.492 e. The smallest absolute Gasteiger partial charge is 0.423 e. The summed E-state index contributed by atoms with van der Waals surface area (Å²) in [6.45, 7) is 1.72. The summed E-state index contributed by atoms with van der Waals surface area (Å²) in [5.41, 5.74) is 0.827. The van der Waals surface area contributed by atoms with Crippen molar-refractivity contribution in [3.8, 4) is 0 Å². The van der Waals surface area contributed by atoms with E-state index in [1.807, 2.05) is 37.3 Å². The van der Waals surface area contributed by atoms with Crippen LogP contribution in [0.5, 0.6) is 0 Å². The molecule has 0 spiro atoms. The summed E-state index contributed by atoms with van der Waals surface area (Å²) in [7, 11) is -1.59. The Labute approximate surface area is 164 Å². The second-order valence-electron chi connectivity index (χ2n) is 6.60. The van der Waals surface area contributed by atoms with Crippen LogP contribution in [0.3, 0.4) is 0 Å². The molecule has 148 valence electrons. The van der Waals surface area contributed by atoms with E-state index in [-0.39, 0.29) is 29.3 Å². The maximum atomic E-state index is 13.5. The van der Waals surface area contributed by atoms with Crippen LogP contribution < -0.4 is 16.1 Å². The maximum absolute atomic E-state index is 13.5. The highest BCUT2D eigenvalue weighted by atomic mass is 19.4. The lowest BCUT2D eigenvalue weighted by atomic mass is 9.75. The zero-order valence-electron chi connectivity index (χ0n) is 15.3. The number of anilines is 4. The highest BCUT2D eigenvalue weighted by Gasteiger charge is 2.41. The fourth-order valence-corrected chi connectivity index (χ4v) is 3.10. The standard InChI is InChI=1S/C19H16BF3N4O2/c1-11-9-24-18(27-17(11)25-13-5-3-2-4-6-13)26-14-7-12-10-29-20(28)16(12)15(8-14)19(21,22)23/h2-9,28H,10H2,1H3,(H2,24,25,26,27). The molecule has 0 saturated carbocycles. The van der Waals surface area contributed by atoms with Crippen LogP contribution in [0.1, 0.15) is 16.7 Å². The van der Waals surface area contributed by atoms with Gasteiger partial charge in [0.1, 0.15) is 5.82 Å². The number of hydrogen-bond acceptors (Lipinski definition) is 6. The lowest BCUT2D eigenvalue weighted by Gasteiger charge is -2.15. The van der Waals surface area contributed by atoms with Crippen molar-refractivity contribution in [1.29, 1.82) is 0 Å². The van der Waals surface area contributed by atoms with Crippen LogP contribution in [0.4, 0.5) is 36.3 Å². The Morgan fingerprint density at radius 2 is 1.86 bits per heavy atom. The predicted octanol–water partition coefficient (Wildman–Crippen LogP) is 3.51. The molecule has 29 heavy (non-hydrogen) atoms. The van der Waals surface area contributed by atoms with Crippen LogP contribution in [0.2, 0.25) is 0 Å². The highest BCUT2D eigenvalue weighted by Crippen LogP contribution is 2.33. The summed E-state index contributed by atoms with van der Waals surface area (Å²) in [6, 6.07) is 11.8. The van der Waals surface area contributed by atoms with E-state index in [9.17, 15) is 18.2 Å². The Morgan fingerprint density at radius 1 is 1.10 bits per heavy atom. The van der Waals surface area contributed by atoms with E-state index >= 15 is 0 Å². The molecule has 3 N–H and O–H groups in total. The number of halogens is 3. The van der Waals surface area contributed by atoms with Crippen molar-refractivity contribution in [1.82, 2.24) is 9.97 Å². The van der Waals surface area contributed by atoms with E-state index in [1.165, 1.54) is 6.07 Å². The lowest BCUT2D eigenvalue weighted by molar-refractivity contribution is -0.136. The first-order valence-corrected chi connectivity index (χ1v) is 8.77. The lowest BCUT2D eigenvalue weighted by Crippen LogP contribution is -2.34. The van der Waals surface area contributed by atoms with E-state index in [4.69, 9.17) is 4.65 Å². The monoisotopic (exact) mass is 400 g/mol. The number of nitrogens with one attached hydrogen (secondary N) is 2. The van der Waals surface area contributed by atoms with Gasteiger partial charge in [0.15, 0.2) is 0 Å². The number of para-hydroxylation sites is 1. The van der Waals surface area contributed by atoms with Crippen LogP contribution in [0.25, 0.3) is 0 Å². The van der Waals surface area contributed by atoms with E-state index in [2.05, 4.69) is 20.6 Å². The molecular formula is C19H16BF3N4O2. The third-order valence-corrected chi connectivity index (χ3v) is 4.48. The molecule has 2 aromatic carbocycles. The second-order valence-corrected chi connectivity index (χ2v) is 6.60. The van der Waals surface area contributed by atoms with Gasteiger partial charge in [-0.2, -0.15) is 18.2 Å². The molecule has 0 atom stereocenters. The van der Waals surface area contributed by atoms with Gasteiger partial charge in [0.2, 0.25) is 5.95 Å². The Morgan fingerprint density at radius 3 is 2.59 bits per heavy atom. The van der Waals surface area contributed by atoms with Crippen LogP contribution in [-0.4, -0.2) is 22.1 Å². The molecule has 3 aromatic rings. The normalized spacial score (nSPS) is 13.3. The molecule has 0 unspecified atom stereocenters. The topological polar surface area (TPSA) is 79.3 Å². The number of aryl methyl sites for hydroxylation is 1. The molecule has 0 radical (unpaired) electrons. The Balaban J connectivity index is 1.65. The third-order valence-electron chi connectivity index (χ3n) is 4.48. The molecule has 0 bridgehead atoms. The summed E-state index contributed by atoms with van der Waals surface area (Å²) in [6.07, 6.45) is -3.06. The summed E-state index contributed by atoms with van der Waals surface area (Å²) < 4.78 is 45.3. The molecule has 4 rings (SSSR count). The molecule has 1 aromatic heterocycles. The third kappa shape index (κ3) is 4.03. The zero-order chi connectivity index (χ0) is 20.6. The molecule has 0 aliphatic carbocycles. The quantitative estimate of drug-likeness (QED) is 0.582. The summed E-state index contributed by atoms with van der Waals surface area (Å²) in [5.74, 6) is 0.672. The summed E-state index contributed by atoms with van der Waals surface area (Å²) in [4.78, 5) is 8.52.